The van der Waals surface area contributed by atoms with Crippen molar-refractivity contribution in [1.29, 1.82) is 0 Å². The van der Waals surface area contributed by atoms with Crippen molar-refractivity contribution in [2.75, 3.05) is 0 Å². The van der Waals surface area contributed by atoms with E-state index < -0.39 is 0 Å². The van der Waals surface area contributed by atoms with Gasteiger partial charge in [0.25, 0.3) is 0 Å². The summed E-state index contributed by atoms with van der Waals surface area (Å²) < 4.78 is 5.13. The third-order valence-electron chi connectivity index (χ3n) is 1.42. The Bertz CT molecular complexity index is 204. The molecule has 1 rings (SSSR count). The molecule has 0 atom stereocenters. The summed E-state index contributed by atoms with van der Waals surface area (Å²) in [5.74, 6) is 0.955. The Morgan fingerprint density at radius 1 is 1.82 bits per heavy atom. The molecule has 0 fully saturated rings. The van der Waals surface area contributed by atoms with Crippen LogP contribution in [-0.4, -0.2) is 0 Å². The lowest BCUT2D eigenvalue weighted by Gasteiger charge is -1.93. The average molecular weight is 171 g/mol. The molecule has 0 spiro atoms. The van der Waals surface area contributed by atoms with Gasteiger partial charge in [-0.15, -0.1) is 0 Å². The highest BCUT2D eigenvalue weighted by Gasteiger charge is 1.98. The molecule has 0 saturated carbocycles. The van der Waals surface area contributed by atoms with Crippen molar-refractivity contribution in [3.05, 3.63) is 35.3 Å². The maximum Gasteiger partial charge on any atom is 0.107 e. The summed E-state index contributed by atoms with van der Waals surface area (Å²) in [6.45, 7) is 2.02. The second kappa shape index (κ2) is 4.24. The lowest BCUT2D eigenvalue weighted by molar-refractivity contribution is 0.367. The fourth-order valence-electron chi connectivity index (χ4n) is 0.756. The molecular weight excluding hydrogens is 160 g/mol. The Labute approximate surface area is 72.0 Å². The van der Waals surface area contributed by atoms with Gasteiger partial charge in [-0.25, -0.2) is 0 Å². The minimum atomic E-state index is 0.855. The summed E-state index contributed by atoms with van der Waals surface area (Å²) in [7, 11) is 0. The van der Waals surface area contributed by atoms with Crippen molar-refractivity contribution in [3.63, 3.8) is 0 Å². The summed E-state index contributed by atoms with van der Waals surface area (Å²) >= 11 is 5.78. The molecule has 0 aromatic heterocycles. The van der Waals surface area contributed by atoms with Gasteiger partial charge in [0.2, 0.25) is 0 Å². The van der Waals surface area contributed by atoms with E-state index in [1.54, 1.807) is 6.26 Å². The van der Waals surface area contributed by atoms with Crippen LogP contribution in [0.2, 0.25) is 0 Å². The van der Waals surface area contributed by atoms with E-state index in [4.69, 9.17) is 16.3 Å². The predicted octanol–water partition coefficient (Wildman–Crippen LogP) is 3.34. The van der Waals surface area contributed by atoms with Gasteiger partial charge in [0.15, 0.2) is 0 Å². The van der Waals surface area contributed by atoms with Crippen LogP contribution in [0, 0.1) is 0 Å². The van der Waals surface area contributed by atoms with Gasteiger partial charge < -0.3 is 4.74 Å². The highest BCUT2D eigenvalue weighted by atomic mass is 35.5. The number of ether oxygens (including phenoxy) is 1. The summed E-state index contributed by atoms with van der Waals surface area (Å²) in [5.41, 5.74) is 0. The smallest absolute Gasteiger partial charge is 0.107 e. The van der Waals surface area contributed by atoms with E-state index in [0.717, 1.165) is 23.6 Å². The molecule has 0 saturated heterocycles. The monoisotopic (exact) mass is 170 g/mol. The third-order valence-corrected chi connectivity index (χ3v) is 1.82. The van der Waals surface area contributed by atoms with Gasteiger partial charge >= 0.3 is 0 Å². The molecular formula is C9H11ClO. The standard InChI is InChI=1S/C9H11ClO/c1-2-8(10)5-6-9-4-3-7-11-9/h3,5-7H,2,4H2,1H3/b8-5+,9-6+. The highest BCUT2D eigenvalue weighted by molar-refractivity contribution is 6.29. The Kier molecular flexibility index (Phi) is 3.24. The van der Waals surface area contributed by atoms with Crippen LogP contribution in [0.3, 0.4) is 0 Å². The molecule has 0 N–H and O–H groups in total. The van der Waals surface area contributed by atoms with Crippen LogP contribution >= 0.6 is 11.6 Å². The quantitative estimate of drug-likeness (QED) is 0.618. The van der Waals surface area contributed by atoms with Gasteiger partial charge in [-0.1, -0.05) is 18.5 Å². The minimum Gasteiger partial charge on any atom is -0.469 e. The van der Waals surface area contributed by atoms with Crippen molar-refractivity contribution in [3.8, 4) is 0 Å². The molecule has 0 amide bonds. The maximum absolute atomic E-state index is 5.78. The van der Waals surface area contributed by atoms with Crippen molar-refractivity contribution in [1.82, 2.24) is 0 Å². The Morgan fingerprint density at radius 2 is 2.64 bits per heavy atom. The van der Waals surface area contributed by atoms with Gasteiger partial charge in [0.05, 0.1) is 6.26 Å². The van der Waals surface area contributed by atoms with Crippen LogP contribution in [0.1, 0.15) is 19.8 Å². The van der Waals surface area contributed by atoms with Crippen LogP contribution in [-0.2, 0) is 4.74 Å². The van der Waals surface area contributed by atoms with Crippen LogP contribution in [0.4, 0.5) is 0 Å². The van der Waals surface area contributed by atoms with Crippen LogP contribution in [0.25, 0.3) is 0 Å². The Balaban J connectivity index is 2.46. The van der Waals surface area contributed by atoms with Crippen molar-refractivity contribution in [2.45, 2.75) is 19.8 Å². The van der Waals surface area contributed by atoms with Crippen LogP contribution < -0.4 is 0 Å². The van der Waals surface area contributed by atoms with E-state index in [9.17, 15) is 0 Å². The Morgan fingerprint density at radius 3 is 3.18 bits per heavy atom. The first-order valence-corrected chi connectivity index (χ1v) is 4.07. The molecule has 0 aromatic rings. The largest absolute Gasteiger partial charge is 0.469 e. The number of hydrogen-bond donors (Lipinski definition) is 0. The molecule has 60 valence electrons. The first kappa shape index (κ1) is 8.41. The lowest BCUT2D eigenvalue weighted by Crippen LogP contribution is -1.74. The van der Waals surface area contributed by atoms with Gasteiger partial charge in [-0.05, 0) is 24.6 Å². The topological polar surface area (TPSA) is 9.23 Å². The van der Waals surface area contributed by atoms with E-state index in [1.165, 1.54) is 0 Å². The third kappa shape index (κ3) is 2.81. The summed E-state index contributed by atoms with van der Waals surface area (Å²) in [4.78, 5) is 0. The first-order valence-electron chi connectivity index (χ1n) is 3.70. The second-order valence-corrected chi connectivity index (χ2v) is 2.78. The molecule has 2 heteroatoms. The molecule has 0 aromatic carbocycles. The fraction of sp³-hybridized carbons (Fsp3) is 0.333. The zero-order valence-corrected chi connectivity index (χ0v) is 7.27. The van der Waals surface area contributed by atoms with E-state index in [1.807, 2.05) is 25.2 Å². The summed E-state index contributed by atoms with van der Waals surface area (Å²) in [5, 5.41) is 0.855. The van der Waals surface area contributed by atoms with Gasteiger partial charge in [0, 0.05) is 11.5 Å². The van der Waals surface area contributed by atoms with Crippen molar-refractivity contribution in [2.24, 2.45) is 0 Å². The maximum atomic E-state index is 5.78. The molecule has 1 heterocycles. The molecule has 0 unspecified atom stereocenters. The predicted molar refractivity (Wildman–Crippen MR) is 47.2 cm³/mol. The Hall–Kier alpha value is -0.690. The van der Waals surface area contributed by atoms with Crippen molar-refractivity contribution < 1.29 is 4.74 Å². The molecule has 1 aliphatic heterocycles. The van der Waals surface area contributed by atoms with Gasteiger partial charge in [0.1, 0.15) is 5.76 Å². The minimum absolute atomic E-state index is 0.855. The SMILES string of the molecule is CC/C(Cl)=C\C=C1/CC=CO1. The average Bonchev–Trinajstić information content (AvgIpc) is 2.52. The normalized spacial score (nSPS) is 20.9. The molecule has 11 heavy (non-hydrogen) atoms. The number of hydrogen-bond acceptors (Lipinski definition) is 1. The zero-order chi connectivity index (χ0) is 8.10. The van der Waals surface area contributed by atoms with Crippen LogP contribution in [0.15, 0.2) is 35.3 Å². The molecule has 1 nitrogen and oxygen atoms in total. The summed E-state index contributed by atoms with van der Waals surface area (Å²) in [6.07, 6.45) is 9.21. The molecule has 0 radical (unpaired) electrons. The van der Waals surface area contributed by atoms with Gasteiger partial charge in [-0.2, -0.15) is 0 Å². The molecule has 0 bridgehead atoms. The zero-order valence-electron chi connectivity index (χ0n) is 6.51. The van der Waals surface area contributed by atoms with E-state index in [0.29, 0.717) is 0 Å². The number of allylic oxidation sites excluding steroid dienone is 4. The number of halogens is 1. The van der Waals surface area contributed by atoms with Gasteiger partial charge in [-0.3, -0.25) is 0 Å². The lowest BCUT2D eigenvalue weighted by atomic mass is 10.3. The van der Waals surface area contributed by atoms with Crippen LogP contribution in [0.5, 0.6) is 0 Å². The highest BCUT2D eigenvalue weighted by Crippen LogP contribution is 2.14. The number of rotatable bonds is 2. The molecule has 0 aliphatic carbocycles. The summed E-state index contributed by atoms with van der Waals surface area (Å²) in [6, 6.07) is 0. The van der Waals surface area contributed by atoms with E-state index in [2.05, 4.69) is 0 Å². The van der Waals surface area contributed by atoms with E-state index >= 15 is 0 Å². The molecule has 1 aliphatic rings. The fourth-order valence-corrected chi connectivity index (χ4v) is 0.819. The second-order valence-electron chi connectivity index (χ2n) is 2.29. The van der Waals surface area contributed by atoms with Crippen molar-refractivity contribution >= 4 is 11.6 Å². The van der Waals surface area contributed by atoms with E-state index in [-0.39, 0.29) is 0 Å². The first-order chi connectivity index (χ1) is 5.33.